The second kappa shape index (κ2) is 7.66. The minimum absolute atomic E-state index is 0.534. The Morgan fingerprint density at radius 3 is 2.53 bits per heavy atom. The van der Waals surface area contributed by atoms with Crippen LogP contribution in [0.5, 0.6) is 0 Å². The van der Waals surface area contributed by atoms with Crippen molar-refractivity contribution in [2.45, 2.75) is 45.1 Å². The van der Waals surface area contributed by atoms with E-state index in [0.29, 0.717) is 6.04 Å². The third-order valence-electron chi connectivity index (χ3n) is 4.22. The van der Waals surface area contributed by atoms with E-state index in [9.17, 15) is 0 Å². The van der Waals surface area contributed by atoms with Crippen LogP contribution in [0.25, 0.3) is 0 Å². The standard InChI is InChI=1S/C17H27NO/c1-3-18-17(13-15-5-4-6-15)16-9-7-14(8-10-16)11-12-19-2/h7-10,15,17-18H,3-6,11-13H2,1-2H3. The Bertz CT molecular complexity index is 356. The van der Waals surface area contributed by atoms with Gasteiger partial charge < -0.3 is 10.1 Å². The fourth-order valence-electron chi connectivity index (χ4n) is 2.78. The molecule has 0 aromatic heterocycles. The molecule has 19 heavy (non-hydrogen) atoms. The predicted molar refractivity (Wildman–Crippen MR) is 80.4 cm³/mol. The molecule has 2 heteroatoms. The highest BCUT2D eigenvalue weighted by Gasteiger charge is 2.22. The van der Waals surface area contributed by atoms with Crippen molar-refractivity contribution in [3.8, 4) is 0 Å². The molecule has 1 atom stereocenters. The summed E-state index contributed by atoms with van der Waals surface area (Å²) in [5.74, 6) is 0.942. The number of nitrogens with one attached hydrogen (secondary N) is 1. The van der Waals surface area contributed by atoms with Crippen molar-refractivity contribution in [2.24, 2.45) is 5.92 Å². The maximum Gasteiger partial charge on any atom is 0.0502 e. The Morgan fingerprint density at radius 2 is 2.00 bits per heavy atom. The first-order valence-corrected chi connectivity index (χ1v) is 7.64. The summed E-state index contributed by atoms with van der Waals surface area (Å²) in [5, 5.41) is 3.64. The number of ether oxygens (including phenoxy) is 1. The Hall–Kier alpha value is -0.860. The minimum Gasteiger partial charge on any atom is -0.384 e. The van der Waals surface area contributed by atoms with E-state index in [0.717, 1.165) is 25.5 Å². The quantitative estimate of drug-likeness (QED) is 0.770. The lowest BCUT2D eigenvalue weighted by Gasteiger charge is -2.30. The maximum atomic E-state index is 5.12. The van der Waals surface area contributed by atoms with Gasteiger partial charge in [-0.2, -0.15) is 0 Å². The third kappa shape index (κ3) is 4.32. The molecule has 0 radical (unpaired) electrons. The van der Waals surface area contributed by atoms with Crippen LogP contribution in [-0.4, -0.2) is 20.3 Å². The monoisotopic (exact) mass is 261 g/mol. The van der Waals surface area contributed by atoms with Gasteiger partial charge in [0.2, 0.25) is 0 Å². The normalized spacial score (nSPS) is 17.2. The fraction of sp³-hybridized carbons (Fsp3) is 0.647. The van der Waals surface area contributed by atoms with Crippen molar-refractivity contribution in [1.29, 1.82) is 0 Å². The number of benzene rings is 1. The lowest BCUT2D eigenvalue weighted by atomic mass is 9.79. The van der Waals surface area contributed by atoms with Crippen molar-refractivity contribution < 1.29 is 4.74 Å². The summed E-state index contributed by atoms with van der Waals surface area (Å²) in [6, 6.07) is 9.61. The van der Waals surface area contributed by atoms with Crippen LogP contribution in [0.15, 0.2) is 24.3 Å². The molecule has 1 fully saturated rings. The van der Waals surface area contributed by atoms with E-state index in [1.54, 1.807) is 7.11 Å². The van der Waals surface area contributed by atoms with Gasteiger partial charge in [-0.05, 0) is 36.4 Å². The highest BCUT2D eigenvalue weighted by Crippen LogP contribution is 2.34. The van der Waals surface area contributed by atoms with E-state index in [1.165, 1.54) is 36.8 Å². The molecule has 1 aromatic carbocycles. The van der Waals surface area contributed by atoms with Gasteiger partial charge >= 0.3 is 0 Å². The average Bonchev–Trinajstić information content (AvgIpc) is 2.40. The molecule has 106 valence electrons. The Labute approximate surface area is 117 Å². The van der Waals surface area contributed by atoms with Gasteiger partial charge in [-0.15, -0.1) is 0 Å². The molecule has 1 aliphatic rings. The second-order valence-electron chi connectivity index (χ2n) is 5.63. The molecule has 1 aromatic rings. The lowest BCUT2D eigenvalue weighted by molar-refractivity contribution is 0.202. The van der Waals surface area contributed by atoms with Crippen LogP contribution >= 0.6 is 0 Å². The molecular weight excluding hydrogens is 234 g/mol. The van der Waals surface area contributed by atoms with Gasteiger partial charge in [0.25, 0.3) is 0 Å². The van der Waals surface area contributed by atoms with Gasteiger partial charge in [-0.3, -0.25) is 0 Å². The van der Waals surface area contributed by atoms with Crippen LogP contribution in [0, 0.1) is 5.92 Å². The van der Waals surface area contributed by atoms with E-state index < -0.39 is 0 Å². The van der Waals surface area contributed by atoms with Crippen LogP contribution in [0.3, 0.4) is 0 Å². The third-order valence-corrected chi connectivity index (χ3v) is 4.22. The summed E-state index contributed by atoms with van der Waals surface area (Å²) in [7, 11) is 1.76. The van der Waals surface area contributed by atoms with Gasteiger partial charge in [0.15, 0.2) is 0 Å². The summed E-state index contributed by atoms with van der Waals surface area (Å²) in [5.41, 5.74) is 2.81. The zero-order valence-electron chi connectivity index (χ0n) is 12.3. The first-order chi connectivity index (χ1) is 9.33. The summed E-state index contributed by atoms with van der Waals surface area (Å²) in [6.45, 7) is 4.04. The molecule has 0 aliphatic heterocycles. The number of methoxy groups -OCH3 is 1. The molecular formula is C17H27NO. The summed E-state index contributed by atoms with van der Waals surface area (Å²) >= 11 is 0. The van der Waals surface area contributed by atoms with Crippen molar-refractivity contribution in [1.82, 2.24) is 5.32 Å². The van der Waals surface area contributed by atoms with Crippen LogP contribution in [0.1, 0.15) is 49.8 Å². The van der Waals surface area contributed by atoms with E-state index in [1.807, 2.05) is 0 Å². The first-order valence-electron chi connectivity index (χ1n) is 7.64. The van der Waals surface area contributed by atoms with E-state index in [2.05, 4.69) is 36.5 Å². The molecule has 0 spiro atoms. The molecule has 1 saturated carbocycles. The second-order valence-corrected chi connectivity index (χ2v) is 5.63. The number of rotatable bonds is 8. The summed E-state index contributed by atoms with van der Waals surface area (Å²) < 4.78 is 5.12. The highest BCUT2D eigenvalue weighted by molar-refractivity contribution is 5.25. The fourth-order valence-corrected chi connectivity index (χ4v) is 2.78. The lowest BCUT2D eigenvalue weighted by Crippen LogP contribution is -2.25. The van der Waals surface area contributed by atoms with Crippen LogP contribution in [0.4, 0.5) is 0 Å². The van der Waals surface area contributed by atoms with E-state index in [4.69, 9.17) is 4.74 Å². The van der Waals surface area contributed by atoms with Crippen LogP contribution in [0.2, 0.25) is 0 Å². The molecule has 0 saturated heterocycles. The molecule has 2 rings (SSSR count). The molecule has 1 unspecified atom stereocenters. The summed E-state index contributed by atoms with van der Waals surface area (Å²) in [6.07, 6.45) is 6.58. The van der Waals surface area contributed by atoms with Gasteiger partial charge in [-0.25, -0.2) is 0 Å². The van der Waals surface area contributed by atoms with Crippen molar-refractivity contribution in [3.05, 3.63) is 35.4 Å². The molecule has 1 N–H and O–H groups in total. The Balaban J connectivity index is 1.95. The SMILES string of the molecule is CCNC(CC1CCC1)c1ccc(CCOC)cc1. The van der Waals surface area contributed by atoms with Crippen molar-refractivity contribution in [2.75, 3.05) is 20.3 Å². The number of hydrogen-bond donors (Lipinski definition) is 1. The topological polar surface area (TPSA) is 21.3 Å². The molecule has 1 aliphatic carbocycles. The van der Waals surface area contributed by atoms with Crippen molar-refractivity contribution in [3.63, 3.8) is 0 Å². The smallest absolute Gasteiger partial charge is 0.0502 e. The number of hydrogen-bond acceptors (Lipinski definition) is 2. The Kier molecular flexibility index (Phi) is 5.87. The van der Waals surface area contributed by atoms with Gasteiger partial charge in [-0.1, -0.05) is 50.5 Å². The molecule has 0 amide bonds. The maximum absolute atomic E-state index is 5.12. The van der Waals surface area contributed by atoms with E-state index >= 15 is 0 Å². The molecule has 0 bridgehead atoms. The zero-order chi connectivity index (χ0) is 13.5. The van der Waals surface area contributed by atoms with Gasteiger partial charge in [0, 0.05) is 13.2 Å². The zero-order valence-corrected chi connectivity index (χ0v) is 12.3. The predicted octanol–water partition coefficient (Wildman–Crippen LogP) is 3.72. The first kappa shape index (κ1) is 14.5. The van der Waals surface area contributed by atoms with Crippen LogP contribution < -0.4 is 5.32 Å². The van der Waals surface area contributed by atoms with Gasteiger partial charge in [0.05, 0.1) is 6.61 Å². The van der Waals surface area contributed by atoms with Gasteiger partial charge in [0.1, 0.15) is 0 Å². The summed E-state index contributed by atoms with van der Waals surface area (Å²) in [4.78, 5) is 0. The average molecular weight is 261 g/mol. The minimum atomic E-state index is 0.534. The van der Waals surface area contributed by atoms with E-state index in [-0.39, 0.29) is 0 Å². The molecule has 2 nitrogen and oxygen atoms in total. The van der Waals surface area contributed by atoms with Crippen LogP contribution in [-0.2, 0) is 11.2 Å². The highest BCUT2D eigenvalue weighted by atomic mass is 16.5. The molecule has 0 heterocycles. The Morgan fingerprint density at radius 1 is 1.26 bits per heavy atom. The van der Waals surface area contributed by atoms with Crippen molar-refractivity contribution >= 4 is 0 Å². The largest absolute Gasteiger partial charge is 0.384 e.